The second-order valence-electron chi connectivity index (χ2n) is 8.69. The van der Waals surface area contributed by atoms with E-state index in [1.54, 1.807) is 42.6 Å². The summed E-state index contributed by atoms with van der Waals surface area (Å²) in [5.41, 5.74) is 5.87. The number of halogens is 2. The van der Waals surface area contributed by atoms with Crippen molar-refractivity contribution in [1.82, 2.24) is 5.43 Å². The minimum absolute atomic E-state index is 0.0301. The molecule has 5 nitrogen and oxygen atoms in total. The number of nitrogens with one attached hydrogen (secondary N) is 1. The number of amides is 1. The van der Waals surface area contributed by atoms with Crippen molar-refractivity contribution >= 4 is 35.3 Å². The molecule has 1 N–H and O–H groups in total. The second kappa shape index (κ2) is 11.4. The molecule has 0 aliphatic rings. The van der Waals surface area contributed by atoms with Crippen LogP contribution in [0.2, 0.25) is 10.0 Å². The Morgan fingerprint density at radius 2 is 1.71 bits per heavy atom. The van der Waals surface area contributed by atoms with Crippen LogP contribution < -0.4 is 14.9 Å². The molecule has 34 heavy (non-hydrogen) atoms. The Morgan fingerprint density at radius 3 is 2.35 bits per heavy atom. The summed E-state index contributed by atoms with van der Waals surface area (Å²) in [4.78, 5) is 12.4. The average molecular weight is 499 g/mol. The topological polar surface area (TPSA) is 59.9 Å². The first-order chi connectivity index (χ1) is 16.2. The third-order valence-electron chi connectivity index (χ3n) is 5.06. The molecule has 0 saturated heterocycles. The molecule has 0 aliphatic carbocycles. The van der Waals surface area contributed by atoms with Gasteiger partial charge in [0.25, 0.3) is 5.91 Å². The Morgan fingerprint density at radius 1 is 0.971 bits per heavy atom. The molecule has 0 spiro atoms. The first kappa shape index (κ1) is 25.6. The Balaban J connectivity index is 1.65. The number of hydrazone groups is 1. The van der Waals surface area contributed by atoms with Crippen LogP contribution in [0, 0.1) is 0 Å². The zero-order valence-corrected chi connectivity index (χ0v) is 21.2. The van der Waals surface area contributed by atoms with Gasteiger partial charge in [-0.25, -0.2) is 5.43 Å². The molecular formula is C27H28Cl2N2O3. The highest BCUT2D eigenvalue weighted by Gasteiger charge is 2.14. The SMILES string of the molecule is CCOc1cc(/C=N/NC(=O)c2ccc(C(C)(C)C)cc2)ccc1OCc1ccc(Cl)cc1Cl. The molecule has 3 aromatic rings. The van der Waals surface area contributed by atoms with Crippen LogP contribution in [0.5, 0.6) is 11.5 Å². The molecule has 0 aliphatic heterocycles. The summed E-state index contributed by atoms with van der Waals surface area (Å²) >= 11 is 12.2. The van der Waals surface area contributed by atoms with Gasteiger partial charge in [0.05, 0.1) is 12.8 Å². The predicted octanol–water partition coefficient (Wildman–Crippen LogP) is 7.03. The summed E-state index contributed by atoms with van der Waals surface area (Å²) < 4.78 is 11.6. The highest BCUT2D eigenvalue weighted by molar-refractivity contribution is 6.35. The molecule has 0 atom stereocenters. The van der Waals surface area contributed by atoms with Crippen molar-refractivity contribution in [1.29, 1.82) is 0 Å². The molecule has 0 radical (unpaired) electrons. The van der Waals surface area contributed by atoms with Crippen LogP contribution in [-0.2, 0) is 12.0 Å². The maximum atomic E-state index is 12.4. The van der Waals surface area contributed by atoms with Crippen molar-refractivity contribution < 1.29 is 14.3 Å². The lowest BCUT2D eigenvalue weighted by molar-refractivity contribution is 0.0955. The van der Waals surface area contributed by atoms with Crippen molar-refractivity contribution in [2.24, 2.45) is 5.10 Å². The Hall–Kier alpha value is -3.02. The third-order valence-corrected chi connectivity index (χ3v) is 5.65. The quantitative estimate of drug-likeness (QED) is 0.267. The Labute approximate surface area is 210 Å². The van der Waals surface area contributed by atoms with E-state index < -0.39 is 0 Å². The Kier molecular flexibility index (Phi) is 8.59. The van der Waals surface area contributed by atoms with Gasteiger partial charge >= 0.3 is 0 Å². The molecule has 0 bridgehead atoms. The van der Waals surface area contributed by atoms with Gasteiger partial charge in [0.15, 0.2) is 11.5 Å². The van der Waals surface area contributed by atoms with Gasteiger partial charge in [-0.2, -0.15) is 5.10 Å². The number of hydrogen-bond donors (Lipinski definition) is 1. The number of carbonyl (C=O) groups is 1. The molecule has 0 fully saturated rings. The van der Waals surface area contributed by atoms with Crippen LogP contribution in [0.1, 0.15) is 54.7 Å². The van der Waals surface area contributed by atoms with Gasteiger partial charge in [0.2, 0.25) is 0 Å². The standard InChI is InChI=1S/C27H28Cl2N2O3/c1-5-33-25-14-18(6-13-24(25)34-17-20-9-12-22(28)15-23(20)29)16-30-31-26(32)19-7-10-21(11-8-19)27(2,3)4/h6-16H,5,17H2,1-4H3,(H,31,32)/b30-16+. The van der Waals surface area contributed by atoms with Crippen molar-refractivity contribution in [3.8, 4) is 11.5 Å². The van der Waals surface area contributed by atoms with Gasteiger partial charge in [0.1, 0.15) is 6.61 Å². The van der Waals surface area contributed by atoms with Crippen LogP contribution in [0.4, 0.5) is 0 Å². The van der Waals surface area contributed by atoms with E-state index in [0.29, 0.717) is 33.7 Å². The molecule has 3 rings (SSSR count). The third kappa shape index (κ3) is 6.99. The summed E-state index contributed by atoms with van der Waals surface area (Å²) in [7, 11) is 0. The maximum Gasteiger partial charge on any atom is 0.271 e. The molecule has 0 heterocycles. The molecule has 1 amide bonds. The number of ether oxygens (including phenoxy) is 2. The minimum atomic E-state index is -0.276. The molecule has 0 saturated carbocycles. The average Bonchev–Trinajstić information content (AvgIpc) is 2.79. The maximum absolute atomic E-state index is 12.4. The lowest BCUT2D eigenvalue weighted by Gasteiger charge is -2.18. The fraction of sp³-hybridized carbons (Fsp3) is 0.259. The predicted molar refractivity (Wildman–Crippen MR) is 139 cm³/mol. The van der Waals surface area contributed by atoms with E-state index in [9.17, 15) is 4.79 Å². The fourth-order valence-electron chi connectivity index (χ4n) is 3.14. The van der Waals surface area contributed by atoms with Gasteiger partial charge < -0.3 is 9.47 Å². The molecule has 0 aromatic heterocycles. The van der Waals surface area contributed by atoms with Gasteiger partial charge in [0, 0.05) is 21.2 Å². The van der Waals surface area contributed by atoms with Crippen molar-refractivity contribution in [3.63, 3.8) is 0 Å². The normalized spacial score (nSPS) is 11.5. The van der Waals surface area contributed by atoms with E-state index in [0.717, 1.165) is 16.7 Å². The van der Waals surface area contributed by atoms with Crippen LogP contribution >= 0.6 is 23.2 Å². The summed E-state index contributed by atoms with van der Waals surface area (Å²) in [6, 6.07) is 18.2. The van der Waals surface area contributed by atoms with Gasteiger partial charge in [-0.3, -0.25) is 4.79 Å². The molecular weight excluding hydrogens is 471 g/mol. The van der Waals surface area contributed by atoms with Gasteiger partial charge in [-0.05, 0) is 65.9 Å². The highest BCUT2D eigenvalue weighted by Crippen LogP contribution is 2.30. The molecule has 7 heteroatoms. The lowest BCUT2D eigenvalue weighted by atomic mass is 9.87. The summed E-state index contributed by atoms with van der Waals surface area (Å²) in [6.07, 6.45) is 1.56. The number of carbonyl (C=O) groups excluding carboxylic acids is 1. The Bertz CT molecular complexity index is 1170. The zero-order chi connectivity index (χ0) is 24.7. The van der Waals surface area contributed by atoms with Crippen LogP contribution in [-0.4, -0.2) is 18.7 Å². The summed E-state index contributed by atoms with van der Waals surface area (Å²) in [5.74, 6) is 0.871. The van der Waals surface area contributed by atoms with E-state index in [-0.39, 0.29) is 17.9 Å². The van der Waals surface area contributed by atoms with Crippen molar-refractivity contribution in [3.05, 3.63) is 93.0 Å². The van der Waals surface area contributed by atoms with E-state index >= 15 is 0 Å². The zero-order valence-electron chi connectivity index (χ0n) is 19.7. The first-order valence-corrected chi connectivity index (χ1v) is 11.7. The van der Waals surface area contributed by atoms with E-state index in [4.69, 9.17) is 32.7 Å². The molecule has 3 aromatic carbocycles. The van der Waals surface area contributed by atoms with Crippen LogP contribution in [0.25, 0.3) is 0 Å². The number of benzene rings is 3. The van der Waals surface area contributed by atoms with E-state index in [1.807, 2.05) is 31.2 Å². The monoisotopic (exact) mass is 498 g/mol. The highest BCUT2D eigenvalue weighted by atomic mass is 35.5. The van der Waals surface area contributed by atoms with Crippen molar-refractivity contribution in [2.75, 3.05) is 6.61 Å². The number of rotatable bonds is 8. The van der Waals surface area contributed by atoms with Crippen LogP contribution in [0.3, 0.4) is 0 Å². The van der Waals surface area contributed by atoms with E-state index in [1.165, 1.54) is 0 Å². The van der Waals surface area contributed by atoms with Gasteiger partial charge in [-0.15, -0.1) is 0 Å². The summed E-state index contributed by atoms with van der Waals surface area (Å²) in [5, 5.41) is 5.19. The fourth-order valence-corrected chi connectivity index (χ4v) is 3.60. The minimum Gasteiger partial charge on any atom is -0.490 e. The smallest absolute Gasteiger partial charge is 0.271 e. The largest absolute Gasteiger partial charge is 0.490 e. The summed E-state index contributed by atoms with van der Waals surface area (Å²) in [6.45, 7) is 9.03. The molecule has 0 unspecified atom stereocenters. The van der Waals surface area contributed by atoms with Gasteiger partial charge in [-0.1, -0.05) is 62.2 Å². The molecule has 178 valence electrons. The van der Waals surface area contributed by atoms with Crippen LogP contribution in [0.15, 0.2) is 65.8 Å². The number of hydrogen-bond acceptors (Lipinski definition) is 4. The first-order valence-electron chi connectivity index (χ1n) is 10.9. The lowest BCUT2D eigenvalue weighted by Crippen LogP contribution is -2.18. The van der Waals surface area contributed by atoms with Crippen molar-refractivity contribution in [2.45, 2.75) is 39.7 Å². The number of nitrogens with zero attached hydrogens (tertiary/aromatic N) is 1. The second-order valence-corrected chi connectivity index (χ2v) is 9.53. The van der Waals surface area contributed by atoms with E-state index in [2.05, 4.69) is 31.3 Å².